The fourth-order valence-corrected chi connectivity index (χ4v) is 3.37. The van der Waals surface area contributed by atoms with E-state index in [-0.39, 0.29) is 23.4 Å². The van der Waals surface area contributed by atoms with Crippen molar-refractivity contribution in [2.75, 3.05) is 26.2 Å². The van der Waals surface area contributed by atoms with Gasteiger partial charge in [-0.15, -0.1) is 0 Å². The van der Waals surface area contributed by atoms with E-state index in [0.717, 1.165) is 12.8 Å². The first kappa shape index (κ1) is 17.3. The van der Waals surface area contributed by atoms with Crippen LogP contribution in [0.15, 0.2) is 23.0 Å². The van der Waals surface area contributed by atoms with Crippen LogP contribution in [0, 0.1) is 5.92 Å². The SMILES string of the molecule is CCC(CC)C(=O)N1CCN(C(=O)c2ccc3[nH]c(=O)[nH]c3c2)CC1. The fraction of sp³-hybridized carbons (Fsp3) is 0.500. The van der Waals surface area contributed by atoms with Gasteiger partial charge in [0, 0.05) is 37.7 Å². The second-order valence-corrected chi connectivity index (χ2v) is 6.47. The quantitative estimate of drug-likeness (QED) is 0.882. The number of piperazine rings is 1. The molecule has 2 heterocycles. The Kier molecular flexibility index (Phi) is 4.92. The van der Waals surface area contributed by atoms with Gasteiger partial charge in [-0.1, -0.05) is 13.8 Å². The largest absolute Gasteiger partial charge is 0.339 e. The van der Waals surface area contributed by atoms with Crippen LogP contribution in [0.5, 0.6) is 0 Å². The first-order valence-corrected chi connectivity index (χ1v) is 8.83. The molecule has 0 atom stereocenters. The van der Waals surface area contributed by atoms with E-state index in [0.29, 0.717) is 42.8 Å². The van der Waals surface area contributed by atoms with Crippen LogP contribution >= 0.6 is 0 Å². The van der Waals surface area contributed by atoms with Crippen molar-refractivity contribution >= 4 is 22.8 Å². The van der Waals surface area contributed by atoms with Crippen molar-refractivity contribution in [1.82, 2.24) is 19.8 Å². The monoisotopic (exact) mass is 344 g/mol. The van der Waals surface area contributed by atoms with E-state index in [2.05, 4.69) is 9.97 Å². The van der Waals surface area contributed by atoms with Gasteiger partial charge in [0.1, 0.15) is 0 Å². The topological polar surface area (TPSA) is 89.3 Å². The molecule has 0 spiro atoms. The van der Waals surface area contributed by atoms with E-state index in [1.54, 1.807) is 23.1 Å². The lowest BCUT2D eigenvalue weighted by Crippen LogP contribution is -2.51. The number of aromatic nitrogens is 2. The number of imidazole rings is 1. The molecule has 0 bridgehead atoms. The molecule has 1 aliphatic heterocycles. The van der Waals surface area contributed by atoms with Crippen molar-refractivity contribution < 1.29 is 9.59 Å². The number of amides is 2. The Balaban J connectivity index is 1.66. The zero-order chi connectivity index (χ0) is 18.0. The maximum Gasteiger partial charge on any atom is 0.323 e. The highest BCUT2D eigenvalue weighted by Gasteiger charge is 2.27. The second kappa shape index (κ2) is 7.13. The van der Waals surface area contributed by atoms with Crippen molar-refractivity contribution in [3.8, 4) is 0 Å². The molecule has 7 heteroatoms. The summed E-state index contributed by atoms with van der Waals surface area (Å²) < 4.78 is 0. The van der Waals surface area contributed by atoms with Crippen LogP contribution in [-0.4, -0.2) is 57.8 Å². The predicted molar refractivity (Wildman–Crippen MR) is 95.5 cm³/mol. The minimum atomic E-state index is -0.284. The lowest BCUT2D eigenvalue weighted by Gasteiger charge is -2.36. The molecule has 1 aliphatic rings. The average molecular weight is 344 g/mol. The Bertz CT molecular complexity index is 826. The van der Waals surface area contributed by atoms with Gasteiger partial charge in [0.25, 0.3) is 5.91 Å². The second-order valence-electron chi connectivity index (χ2n) is 6.47. The molecule has 1 aromatic heterocycles. The van der Waals surface area contributed by atoms with Crippen LogP contribution in [0.25, 0.3) is 11.0 Å². The van der Waals surface area contributed by atoms with Crippen molar-refractivity contribution in [2.24, 2.45) is 5.92 Å². The number of nitrogens with zero attached hydrogens (tertiary/aromatic N) is 2. The fourth-order valence-electron chi connectivity index (χ4n) is 3.37. The normalized spacial score (nSPS) is 15.2. The van der Waals surface area contributed by atoms with E-state index in [1.165, 1.54) is 0 Å². The van der Waals surface area contributed by atoms with Gasteiger partial charge in [0.05, 0.1) is 11.0 Å². The van der Waals surface area contributed by atoms with Crippen molar-refractivity contribution in [2.45, 2.75) is 26.7 Å². The Morgan fingerprint density at radius 2 is 1.60 bits per heavy atom. The molecule has 7 nitrogen and oxygen atoms in total. The Morgan fingerprint density at radius 1 is 1.00 bits per heavy atom. The number of carbonyl (C=O) groups excluding carboxylic acids is 2. The van der Waals surface area contributed by atoms with Gasteiger partial charge in [0.15, 0.2) is 0 Å². The summed E-state index contributed by atoms with van der Waals surface area (Å²) in [5.74, 6) is 0.206. The number of hydrogen-bond donors (Lipinski definition) is 2. The highest BCUT2D eigenvalue weighted by atomic mass is 16.2. The van der Waals surface area contributed by atoms with Crippen molar-refractivity contribution in [1.29, 1.82) is 0 Å². The summed E-state index contributed by atoms with van der Waals surface area (Å²) in [5.41, 5.74) is 1.57. The molecular formula is C18H24N4O3. The number of rotatable bonds is 4. The van der Waals surface area contributed by atoms with Gasteiger partial charge < -0.3 is 19.8 Å². The molecule has 2 amide bonds. The molecular weight excluding hydrogens is 320 g/mol. The molecule has 3 rings (SSSR count). The standard InChI is InChI=1S/C18H24N4O3/c1-3-12(4-2)16(23)21-7-9-22(10-8-21)17(24)13-5-6-14-15(11-13)20-18(25)19-14/h5-6,11-12H,3-4,7-10H2,1-2H3,(H2,19,20,25). The van der Waals surface area contributed by atoms with E-state index >= 15 is 0 Å². The average Bonchev–Trinajstić information content (AvgIpc) is 3.01. The lowest BCUT2D eigenvalue weighted by molar-refractivity contribution is -0.137. The van der Waals surface area contributed by atoms with E-state index in [1.807, 2.05) is 18.7 Å². The van der Waals surface area contributed by atoms with Gasteiger partial charge in [-0.25, -0.2) is 4.79 Å². The van der Waals surface area contributed by atoms with Crippen LogP contribution < -0.4 is 5.69 Å². The number of benzene rings is 1. The molecule has 0 saturated carbocycles. The number of nitrogens with one attached hydrogen (secondary N) is 2. The molecule has 25 heavy (non-hydrogen) atoms. The van der Waals surface area contributed by atoms with E-state index < -0.39 is 0 Å². The molecule has 1 saturated heterocycles. The Hall–Kier alpha value is -2.57. The van der Waals surface area contributed by atoms with Gasteiger partial charge >= 0.3 is 5.69 Å². The minimum absolute atomic E-state index is 0.0708. The smallest absolute Gasteiger partial charge is 0.323 e. The van der Waals surface area contributed by atoms with Crippen LogP contribution in [0.4, 0.5) is 0 Å². The number of H-pyrrole nitrogens is 2. The van der Waals surface area contributed by atoms with Gasteiger partial charge in [0.2, 0.25) is 5.91 Å². The summed E-state index contributed by atoms with van der Waals surface area (Å²) in [7, 11) is 0. The molecule has 2 aromatic rings. The highest BCUT2D eigenvalue weighted by molar-refractivity contribution is 5.97. The third kappa shape index (κ3) is 3.45. The minimum Gasteiger partial charge on any atom is -0.339 e. The molecule has 2 N–H and O–H groups in total. The van der Waals surface area contributed by atoms with Crippen molar-refractivity contribution in [3.05, 3.63) is 34.2 Å². The van der Waals surface area contributed by atoms with Crippen molar-refractivity contribution in [3.63, 3.8) is 0 Å². The van der Waals surface area contributed by atoms with Gasteiger partial charge in [-0.05, 0) is 31.0 Å². The summed E-state index contributed by atoms with van der Waals surface area (Å²) >= 11 is 0. The number of carbonyl (C=O) groups is 2. The van der Waals surface area contributed by atoms with Crippen LogP contribution in [0.1, 0.15) is 37.0 Å². The molecule has 1 aromatic carbocycles. The van der Waals surface area contributed by atoms with Gasteiger partial charge in [-0.2, -0.15) is 0 Å². The molecule has 0 aliphatic carbocycles. The first-order chi connectivity index (χ1) is 12.0. The van der Waals surface area contributed by atoms with Crippen LogP contribution in [0.3, 0.4) is 0 Å². The lowest BCUT2D eigenvalue weighted by atomic mass is 10.0. The number of fused-ring (bicyclic) bond motifs is 1. The molecule has 134 valence electrons. The summed E-state index contributed by atoms with van der Waals surface area (Å²) in [6.07, 6.45) is 1.70. The summed E-state index contributed by atoms with van der Waals surface area (Å²) in [6.45, 7) is 6.29. The molecule has 0 radical (unpaired) electrons. The van der Waals surface area contributed by atoms with Gasteiger partial charge in [-0.3, -0.25) is 9.59 Å². The Morgan fingerprint density at radius 3 is 2.24 bits per heavy atom. The van der Waals surface area contributed by atoms with Crippen LogP contribution in [-0.2, 0) is 4.79 Å². The third-order valence-corrected chi connectivity index (χ3v) is 4.98. The summed E-state index contributed by atoms with van der Waals surface area (Å²) in [6, 6.07) is 5.14. The number of hydrogen-bond acceptors (Lipinski definition) is 3. The van der Waals surface area contributed by atoms with E-state index in [4.69, 9.17) is 0 Å². The maximum absolute atomic E-state index is 12.7. The maximum atomic E-state index is 12.7. The highest BCUT2D eigenvalue weighted by Crippen LogP contribution is 2.16. The number of aromatic amines is 2. The molecule has 0 unspecified atom stereocenters. The zero-order valence-corrected chi connectivity index (χ0v) is 14.7. The predicted octanol–water partition coefficient (Wildman–Crippen LogP) is 1.58. The van der Waals surface area contributed by atoms with Crippen LogP contribution in [0.2, 0.25) is 0 Å². The molecule has 1 fully saturated rings. The zero-order valence-electron chi connectivity index (χ0n) is 14.7. The van der Waals surface area contributed by atoms with E-state index in [9.17, 15) is 14.4 Å². The third-order valence-electron chi connectivity index (χ3n) is 4.98. The Labute approximate surface area is 146 Å². The first-order valence-electron chi connectivity index (χ1n) is 8.83. The summed E-state index contributed by atoms with van der Waals surface area (Å²) in [4.78, 5) is 45.4. The summed E-state index contributed by atoms with van der Waals surface area (Å²) in [5, 5.41) is 0.